The Morgan fingerprint density at radius 1 is 1.16 bits per heavy atom. The molecular weight excluding hydrogens is 422 g/mol. The van der Waals surface area contributed by atoms with Crippen LogP contribution in [0.3, 0.4) is 0 Å². The van der Waals surface area contributed by atoms with Crippen LogP contribution >= 0.6 is 0 Å². The number of anilines is 2. The van der Waals surface area contributed by atoms with Gasteiger partial charge in [-0.1, -0.05) is 23.4 Å². The quantitative estimate of drug-likeness (QED) is 0.541. The zero-order valence-electron chi connectivity index (χ0n) is 17.6. The molecule has 3 rings (SSSR count). The van der Waals surface area contributed by atoms with E-state index in [0.29, 0.717) is 34.9 Å². The van der Waals surface area contributed by atoms with Crippen molar-refractivity contribution in [1.29, 1.82) is 0 Å². The van der Waals surface area contributed by atoms with E-state index in [1.807, 2.05) is 6.92 Å². The van der Waals surface area contributed by atoms with Crippen molar-refractivity contribution >= 4 is 27.5 Å². The number of sulfonamides is 1. The molecule has 0 saturated heterocycles. The third-order valence-electron chi connectivity index (χ3n) is 4.33. The lowest BCUT2D eigenvalue weighted by Crippen LogP contribution is -2.15. The molecule has 2 N–H and O–H groups in total. The fraction of sp³-hybridized carbons (Fsp3) is 0.238. The molecule has 10 heteroatoms. The number of para-hydroxylation sites is 2. The number of hydrogen-bond acceptors (Lipinski definition) is 7. The molecule has 164 valence electrons. The van der Waals surface area contributed by atoms with E-state index in [1.165, 1.54) is 26.2 Å². The van der Waals surface area contributed by atoms with E-state index in [2.05, 4.69) is 15.2 Å². The molecule has 0 aliphatic carbocycles. The average molecular weight is 445 g/mol. The predicted molar refractivity (Wildman–Crippen MR) is 116 cm³/mol. The van der Waals surface area contributed by atoms with Crippen molar-refractivity contribution in [3.8, 4) is 22.6 Å². The van der Waals surface area contributed by atoms with Crippen LogP contribution in [-0.2, 0) is 14.8 Å². The molecule has 0 saturated carbocycles. The van der Waals surface area contributed by atoms with Gasteiger partial charge in [-0.05, 0) is 43.7 Å². The number of aryl methyl sites for hydroxylation is 1. The Morgan fingerprint density at radius 2 is 1.90 bits per heavy atom. The summed E-state index contributed by atoms with van der Waals surface area (Å²) in [6, 6.07) is 11.4. The molecule has 0 bridgehead atoms. The third-order valence-corrected chi connectivity index (χ3v) is 5.71. The van der Waals surface area contributed by atoms with Gasteiger partial charge in [-0.3, -0.25) is 14.8 Å². The zero-order chi connectivity index (χ0) is 22.6. The smallest absolute Gasteiger partial charge is 0.265 e. The van der Waals surface area contributed by atoms with Crippen molar-refractivity contribution in [1.82, 2.24) is 5.16 Å². The van der Waals surface area contributed by atoms with E-state index >= 15 is 0 Å². The van der Waals surface area contributed by atoms with Gasteiger partial charge in [-0.15, -0.1) is 0 Å². The number of amides is 1. The van der Waals surface area contributed by atoms with Gasteiger partial charge < -0.3 is 14.0 Å². The Bertz CT molecular complexity index is 1200. The molecule has 9 nitrogen and oxygen atoms in total. The number of methoxy groups -OCH3 is 1. The molecule has 31 heavy (non-hydrogen) atoms. The largest absolute Gasteiger partial charge is 0.495 e. The molecule has 2 aromatic carbocycles. The zero-order valence-corrected chi connectivity index (χ0v) is 18.4. The summed E-state index contributed by atoms with van der Waals surface area (Å²) >= 11 is 0. The number of benzene rings is 2. The lowest BCUT2D eigenvalue weighted by Gasteiger charge is -2.15. The Kier molecular flexibility index (Phi) is 6.50. The van der Waals surface area contributed by atoms with Crippen LogP contribution in [0.2, 0.25) is 0 Å². The van der Waals surface area contributed by atoms with Crippen molar-refractivity contribution in [3.05, 3.63) is 48.2 Å². The van der Waals surface area contributed by atoms with Gasteiger partial charge in [0.2, 0.25) is 11.8 Å². The van der Waals surface area contributed by atoms with Crippen molar-refractivity contribution in [2.45, 2.75) is 25.7 Å². The molecule has 0 fully saturated rings. The molecule has 0 aliphatic rings. The minimum absolute atomic E-state index is 0.0897. The SMILES string of the molecule is CCOc1ccccc1NS(=O)(=O)c1cc(-c2c(C)noc2NC(C)=O)ccc1OC. The van der Waals surface area contributed by atoms with Crippen LogP contribution in [0.1, 0.15) is 19.5 Å². The van der Waals surface area contributed by atoms with Crippen LogP contribution < -0.4 is 19.5 Å². The monoisotopic (exact) mass is 445 g/mol. The van der Waals surface area contributed by atoms with Gasteiger partial charge in [-0.2, -0.15) is 0 Å². The van der Waals surface area contributed by atoms with Crippen LogP contribution in [0.4, 0.5) is 11.6 Å². The highest BCUT2D eigenvalue weighted by molar-refractivity contribution is 7.92. The minimum Gasteiger partial charge on any atom is -0.495 e. The molecule has 0 aliphatic heterocycles. The first-order chi connectivity index (χ1) is 14.8. The number of carbonyl (C=O) groups excluding carboxylic acids is 1. The van der Waals surface area contributed by atoms with Gasteiger partial charge in [0, 0.05) is 6.92 Å². The summed E-state index contributed by atoms with van der Waals surface area (Å²) in [5.41, 5.74) is 1.76. The van der Waals surface area contributed by atoms with Crippen molar-refractivity contribution in [2.75, 3.05) is 23.8 Å². The fourth-order valence-corrected chi connectivity index (χ4v) is 4.30. The molecule has 3 aromatic rings. The second-order valence-electron chi connectivity index (χ2n) is 6.55. The topological polar surface area (TPSA) is 120 Å². The first-order valence-electron chi connectivity index (χ1n) is 9.43. The Balaban J connectivity index is 2.08. The lowest BCUT2D eigenvalue weighted by molar-refractivity contribution is -0.114. The summed E-state index contributed by atoms with van der Waals surface area (Å²) < 4.78 is 45.0. The van der Waals surface area contributed by atoms with Crippen LogP contribution in [0, 0.1) is 6.92 Å². The van der Waals surface area contributed by atoms with E-state index in [0.717, 1.165) is 0 Å². The van der Waals surface area contributed by atoms with Gasteiger partial charge >= 0.3 is 0 Å². The van der Waals surface area contributed by atoms with Gasteiger partial charge in [0.15, 0.2) is 0 Å². The third kappa shape index (κ3) is 4.80. The van der Waals surface area contributed by atoms with Gasteiger partial charge in [-0.25, -0.2) is 8.42 Å². The second kappa shape index (κ2) is 9.09. The second-order valence-corrected chi connectivity index (χ2v) is 8.20. The Hall–Kier alpha value is -3.53. The summed E-state index contributed by atoms with van der Waals surface area (Å²) in [7, 11) is -2.67. The first kappa shape index (κ1) is 22.2. The summed E-state index contributed by atoms with van der Waals surface area (Å²) in [5, 5.41) is 6.44. The van der Waals surface area contributed by atoms with Crippen molar-refractivity contribution in [2.24, 2.45) is 0 Å². The van der Waals surface area contributed by atoms with Crippen molar-refractivity contribution < 1.29 is 27.2 Å². The van der Waals surface area contributed by atoms with E-state index in [4.69, 9.17) is 14.0 Å². The number of aromatic nitrogens is 1. The predicted octanol–water partition coefficient (Wildman–Crippen LogP) is 3.82. The van der Waals surface area contributed by atoms with Crippen LogP contribution in [0.5, 0.6) is 11.5 Å². The lowest BCUT2D eigenvalue weighted by atomic mass is 10.1. The number of nitrogens with zero attached hydrogens (tertiary/aromatic N) is 1. The molecule has 1 aromatic heterocycles. The highest BCUT2D eigenvalue weighted by atomic mass is 32.2. The molecule has 1 amide bonds. The maximum atomic E-state index is 13.3. The number of hydrogen-bond donors (Lipinski definition) is 2. The molecule has 0 atom stereocenters. The maximum absolute atomic E-state index is 13.3. The number of nitrogens with one attached hydrogen (secondary N) is 2. The van der Waals surface area contributed by atoms with Gasteiger partial charge in [0.25, 0.3) is 10.0 Å². The Morgan fingerprint density at radius 3 is 2.58 bits per heavy atom. The van der Waals surface area contributed by atoms with Crippen LogP contribution in [0.15, 0.2) is 51.9 Å². The normalized spacial score (nSPS) is 11.1. The minimum atomic E-state index is -4.05. The number of rotatable bonds is 8. The Labute approximate surface area is 180 Å². The van der Waals surface area contributed by atoms with Crippen molar-refractivity contribution in [3.63, 3.8) is 0 Å². The highest BCUT2D eigenvalue weighted by Crippen LogP contribution is 2.37. The highest BCUT2D eigenvalue weighted by Gasteiger charge is 2.24. The molecule has 0 spiro atoms. The van der Waals surface area contributed by atoms with E-state index in [-0.39, 0.29) is 22.4 Å². The van der Waals surface area contributed by atoms with E-state index in [1.54, 1.807) is 37.3 Å². The average Bonchev–Trinajstić information content (AvgIpc) is 3.08. The number of ether oxygens (including phenoxy) is 2. The number of carbonyl (C=O) groups is 1. The summed E-state index contributed by atoms with van der Waals surface area (Å²) in [4.78, 5) is 11.4. The van der Waals surface area contributed by atoms with E-state index in [9.17, 15) is 13.2 Å². The summed E-state index contributed by atoms with van der Waals surface area (Å²) in [6.07, 6.45) is 0. The molecule has 0 unspecified atom stereocenters. The summed E-state index contributed by atoms with van der Waals surface area (Å²) in [6.45, 7) is 5.23. The molecule has 1 heterocycles. The van der Waals surface area contributed by atoms with E-state index < -0.39 is 10.0 Å². The van der Waals surface area contributed by atoms with Crippen LogP contribution in [0.25, 0.3) is 11.1 Å². The fourth-order valence-electron chi connectivity index (χ4n) is 3.03. The summed E-state index contributed by atoms with van der Waals surface area (Å²) in [5.74, 6) is 0.355. The molecule has 0 radical (unpaired) electrons. The van der Waals surface area contributed by atoms with Gasteiger partial charge in [0.05, 0.1) is 30.7 Å². The van der Waals surface area contributed by atoms with Crippen LogP contribution in [-0.4, -0.2) is 33.2 Å². The molecular formula is C21H23N3O6S. The first-order valence-corrected chi connectivity index (χ1v) is 10.9. The maximum Gasteiger partial charge on any atom is 0.265 e. The standard InChI is InChI=1S/C21H23N3O6S/c1-5-29-17-9-7-6-8-16(17)24-31(26,27)19-12-15(10-11-18(19)28-4)20-13(2)23-30-21(20)22-14(3)25/h6-12,24H,5H2,1-4H3,(H,22,25). The van der Waals surface area contributed by atoms with Gasteiger partial charge in [0.1, 0.15) is 16.4 Å².